The van der Waals surface area contributed by atoms with E-state index in [0.717, 1.165) is 26.8 Å². The summed E-state index contributed by atoms with van der Waals surface area (Å²) in [4.78, 5) is 3.74. The first-order valence-electron chi connectivity index (χ1n) is 10.1. The molecule has 160 valence electrons. The highest BCUT2D eigenvalue weighted by Crippen LogP contribution is 2.25. The molecule has 0 saturated heterocycles. The topological polar surface area (TPSA) is 58.2 Å². The van der Waals surface area contributed by atoms with Gasteiger partial charge < -0.3 is 0 Å². The number of hydrazine groups is 1. The van der Waals surface area contributed by atoms with Gasteiger partial charge >= 0.3 is 0 Å². The summed E-state index contributed by atoms with van der Waals surface area (Å²) in [5, 5.41) is 5.20. The molecule has 0 heterocycles. The first-order chi connectivity index (χ1) is 15.5. The lowest BCUT2D eigenvalue weighted by molar-refractivity contribution is 0.541. The first-order valence-corrected chi connectivity index (χ1v) is 12.4. The lowest BCUT2D eigenvalue weighted by Crippen LogP contribution is -2.39. The zero-order valence-electron chi connectivity index (χ0n) is 17.4. The molecule has 2 N–H and O–H groups in total. The Balaban J connectivity index is 1.64. The Hall–Kier alpha value is -3.08. The highest BCUT2D eigenvalue weighted by molar-refractivity contribution is 8.03. The third-order valence-corrected chi connectivity index (χ3v) is 6.93. The fourth-order valence-corrected chi connectivity index (χ4v) is 4.72. The summed E-state index contributed by atoms with van der Waals surface area (Å²) < 4.78 is 25.6. The second kappa shape index (κ2) is 10.0. The van der Waals surface area contributed by atoms with Gasteiger partial charge in [-0.25, -0.2) is 13.8 Å². The zero-order valence-corrected chi connectivity index (χ0v) is 19.1. The van der Waals surface area contributed by atoms with Gasteiger partial charge in [-0.3, -0.25) is 0 Å². The monoisotopic (exact) mass is 458 g/mol. The van der Waals surface area contributed by atoms with E-state index in [1.807, 2.05) is 79.7 Å². The maximum absolute atomic E-state index is 12.8. The van der Waals surface area contributed by atoms with E-state index in [1.54, 1.807) is 24.3 Å². The number of benzene rings is 4. The Morgan fingerprint density at radius 3 is 2.28 bits per heavy atom. The molecule has 0 amide bonds. The predicted octanol–water partition coefficient (Wildman–Crippen LogP) is 5.43. The van der Waals surface area contributed by atoms with Crippen molar-refractivity contribution in [2.75, 3.05) is 0 Å². The van der Waals surface area contributed by atoms with Crippen molar-refractivity contribution in [3.63, 3.8) is 0 Å². The molecule has 0 spiro atoms. The molecule has 1 unspecified atom stereocenters. The fraction of sp³-hybridized carbons (Fsp3) is 0.0769. The van der Waals surface area contributed by atoms with Crippen LogP contribution in [-0.4, -0.2) is 8.42 Å². The smallest absolute Gasteiger partial charge is 0.224 e. The molecule has 4 aromatic carbocycles. The summed E-state index contributed by atoms with van der Waals surface area (Å²) in [7, 11) is -3.75. The van der Waals surface area contributed by atoms with Crippen LogP contribution >= 0.6 is 11.8 Å². The molecule has 1 atom stereocenters. The van der Waals surface area contributed by atoms with Gasteiger partial charge in [0.05, 0.1) is 4.90 Å². The van der Waals surface area contributed by atoms with Gasteiger partial charge in [0, 0.05) is 4.90 Å². The lowest BCUT2D eigenvalue weighted by Gasteiger charge is -2.17. The van der Waals surface area contributed by atoms with Crippen molar-refractivity contribution < 1.29 is 8.42 Å². The van der Waals surface area contributed by atoms with Crippen LogP contribution in [0.3, 0.4) is 0 Å². The number of nitrogens with one attached hydrogen (secondary N) is 2. The number of sulfonamides is 1. The summed E-state index contributed by atoms with van der Waals surface area (Å²) in [6.07, 6.45) is 0. The van der Waals surface area contributed by atoms with Gasteiger partial charge in [-0.1, -0.05) is 84.3 Å². The largest absolute Gasteiger partial charge is 0.253 e. The average molecular weight is 459 g/mol. The lowest BCUT2D eigenvalue weighted by atomic mass is 9.99. The second-order valence-corrected chi connectivity index (χ2v) is 9.79. The van der Waals surface area contributed by atoms with Gasteiger partial charge in [0.2, 0.25) is 0 Å². The standard InChI is InChI=1S/C26H22N2O2S2/c1-20-14-16-23(17-15-20)32(29,30)28-27-26(18-19-31-22-10-3-2-4-11-22)25-13-7-9-21-8-5-6-12-24(21)25/h2-17,26-28H,1H3. The van der Waals surface area contributed by atoms with Gasteiger partial charge in [0.1, 0.15) is 6.04 Å². The van der Waals surface area contributed by atoms with Crippen LogP contribution in [0.25, 0.3) is 10.8 Å². The van der Waals surface area contributed by atoms with Crippen LogP contribution in [0.5, 0.6) is 0 Å². The molecule has 4 rings (SSSR count). The third-order valence-electron chi connectivity index (χ3n) is 4.92. The maximum Gasteiger partial charge on any atom is 0.253 e. The van der Waals surface area contributed by atoms with Crippen LogP contribution in [0.4, 0.5) is 0 Å². The summed E-state index contributed by atoms with van der Waals surface area (Å²) in [5.74, 6) is 3.18. The van der Waals surface area contributed by atoms with E-state index in [0.29, 0.717) is 0 Å². The van der Waals surface area contributed by atoms with Crippen molar-refractivity contribution in [1.82, 2.24) is 10.3 Å². The summed E-state index contributed by atoms with van der Waals surface area (Å²) in [6.45, 7) is 1.92. The molecule has 0 bridgehead atoms. The average Bonchev–Trinajstić information content (AvgIpc) is 2.82. The number of rotatable bonds is 6. The normalized spacial score (nSPS) is 12.2. The molecule has 0 radical (unpaired) electrons. The molecule has 0 fully saturated rings. The highest BCUT2D eigenvalue weighted by Gasteiger charge is 2.18. The fourth-order valence-electron chi connectivity index (χ4n) is 3.24. The Kier molecular flexibility index (Phi) is 6.93. The van der Waals surface area contributed by atoms with Crippen molar-refractivity contribution in [3.8, 4) is 11.2 Å². The molecule has 0 aliphatic carbocycles. The minimum atomic E-state index is -3.75. The summed E-state index contributed by atoms with van der Waals surface area (Å²) in [5.41, 5.74) is 4.84. The van der Waals surface area contributed by atoms with Crippen LogP contribution in [0, 0.1) is 18.1 Å². The quantitative estimate of drug-likeness (QED) is 0.230. The van der Waals surface area contributed by atoms with Crippen LogP contribution in [0.1, 0.15) is 17.2 Å². The molecule has 0 saturated carbocycles. The second-order valence-electron chi connectivity index (χ2n) is 7.23. The zero-order chi connectivity index (χ0) is 22.4. The Labute approximate surface area is 193 Å². The molecule has 0 aliphatic heterocycles. The molecule has 6 heteroatoms. The van der Waals surface area contributed by atoms with Crippen molar-refractivity contribution in [2.24, 2.45) is 0 Å². The van der Waals surface area contributed by atoms with Crippen LogP contribution in [0.2, 0.25) is 0 Å². The Morgan fingerprint density at radius 1 is 0.812 bits per heavy atom. The van der Waals surface area contributed by atoms with E-state index in [4.69, 9.17) is 0 Å². The molecule has 32 heavy (non-hydrogen) atoms. The van der Waals surface area contributed by atoms with Gasteiger partial charge in [0.25, 0.3) is 10.0 Å². The van der Waals surface area contributed by atoms with Crippen LogP contribution in [0.15, 0.2) is 107 Å². The number of fused-ring (bicyclic) bond motifs is 1. The molecular formula is C26H22N2O2S2. The third kappa shape index (κ3) is 5.39. The summed E-state index contributed by atoms with van der Waals surface area (Å²) in [6, 6.07) is 29.9. The highest BCUT2D eigenvalue weighted by atomic mass is 32.2. The number of hydrogen-bond donors (Lipinski definition) is 2. The van der Waals surface area contributed by atoms with Gasteiger partial charge in [0.15, 0.2) is 0 Å². The van der Waals surface area contributed by atoms with Crippen LogP contribution in [-0.2, 0) is 10.0 Å². The van der Waals surface area contributed by atoms with Gasteiger partial charge in [-0.15, -0.1) is 4.83 Å². The van der Waals surface area contributed by atoms with Gasteiger partial charge in [-0.05, 0) is 64.5 Å². The minimum absolute atomic E-state index is 0.193. The minimum Gasteiger partial charge on any atom is -0.224 e. The Bertz CT molecular complexity index is 1370. The molecule has 0 aromatic heterocycles. The van der Waals surface area contributed by atoms with Crippen LogP contribution < -0.4 is 10.3 Å². The SMILES string of the molecule is Cc1ccc(S(=O)(=O)NNC(C#CSc2ccccc2)c2cccc3ccccc23)cc1. The maximum atomic E-state index is 12.8. The van der Waals surface area contributed by atoms with Crippen molar-refractivity contribution in [2.45, 2.75) is 22.8 Å². The molecular weight excluding hydrogens is 436 g/mol. The van der Waals surface area contributed by atoms with Crippen molar-refractivity contribution in [1.29, 1.82) is 0 Å². The predicted molar refractivity (Wildman–Crippen MR) is 131 cm³/mol. The molecule has 4 aromatic rings. The number of hydrogen-bond acceptors (Lipinski definition) is 4. The van der Waals surface area contributed by atoms with Crippen molar-refractivity contribution in [3.05, 3.63) is 108 Å². The van der Waals surface area contributed by atoms with Gasteiger partial charge in [-0.2, -0.15) is 0 Å². The Morgan fingerprint density at radius 2 is 1.50 bits per heavy atom. The number of thioether (sulfide) groups is 1. The van der Waals surface area contributed by atoms with E-state index >= 15 is 0 Å². The van der Waals surface area contributed by atoms with E-state index in [2.05, 4.69) is 21.4 Å². The first kappa shape index (κ1) is 22.1. The molecule has 0 aliphatic rings. The van der Waals surface area contributed by atoms with E-state index in [-0.39, 0.29) is 4.90 Å². The van der Waals surface area contributed by atoms with Crippen molar-refractivity contribution >= 4 is 32.6 Å². The number of aryl methyl sites for hydroxylation is 1. The summed E-state index contributed by atoms with van der Waals surface area (Å²) >= 11 is 1.40. The van der Waals surface area contributed by atoms with E-state index in [9.17, 15) is 8.42 Å². The van der Waals surface area contributed by atoms with E-state index in [1.165, 1.54) is 11.8 Å². The van der Waals surface area contributed by atoms with E-state index < -0.39 is 16.1 Å². The molecule has 4 nitrogen and oxygen atoms in total.